The van der Waals surface area contributed by atoms with Crippen LogP contribution in [0.25, 0.3) is 0 Å². The molecule has 7 nitrogen and oxygen atoms in total. The van der Waals surface area contributed by atoms with Crippen molar-refractivity contribution in [1.82, 2.24) is 15.5 Å². The van der Waals surface area contributed by atoms with E-state index in [4.69, 9.17) is 4.74 Å². The lowest BCUT2D eigenvalue weighted by atomic mass is 10.1. The van der Waals surface area contributed by atoms with Crippen LogP contribution in [0.2, 0.25) is 0 Å². The Hall–Kier alpha value is -1.55. The van der Waals surface area contributed by atoms with Gasteiger partial charge in [-0.3, -0.25) is 4.79 Å². The van der Waals surface area contributed by atoms with E-state index in [1.807, 2.05) is 0 Å². The molecule has 1 saturated heterocycles. The van der Waals surface area contributed by atoms with Gasteiger partial charge in [-0.25, -0.2) is 4.99 Å². The molecule has 1 aliphatic heterocycles. The average Bonchev–Trinajstić information content (AvgIpc) is 2.73. The first-order valence-electron chi connectivity index (χ1n) is 10.6. The molecule has 0 saturated carbocycles. The van der Waals surface area contributed by atoms with Crippen molar-refractivity contribution in [1.29, 1.82) is 0 Å². The van der Waals surface area contributed by atoms with Crippen molar-refractivity contribution >= 4 is 41.5 Å². The lowest BCUT2D eigenvalue weighted by Crippen LogP contribution is -2.45. The van der Waals surface area contributed by atoms with Crippen LogP contribution in [0.15, 0.2) is 29.3 Å². The third kappa shape index (κ3) is 9.51. The summed E-state index contributed by atoms with van der Waals surface area (Å²) in [7, 11) is 3.49. The minimum atomic E-state index is -0.0186. The highest BCUT2D eigenvalue weighted by atomic mass is 127. The molecule has 0 aliphatic carbocycles. The Morgan fingerprint density at radius 3 is 2.70 bits per heavy atom. The lowest BCUT2D eigenvalue weighted by Gasteiger charge is -2.26. The van der Waals surface area contributed by atoms with E-state index in [0.717, 1.165) is 39.1 Å². The van der Waals surface area contributed by atoms with Gasteiger partial charge in [-0.2, -0.15) is 0 Å². The van der Waals surface area contributed by atoms with E-state index < -0.39 is 0 Å². The number of nitrogens with one attached hydrogen (secondary N) is 2. The van der Waals surface area contributed by atoms with Gasteiger partial charge in [0.2, 0.25) is 5.91 Å². The molecule has 1 unspecified atom stereocenters. The molecule has 1 aromatic rings. The molecule has 8 heteroatoms. The number of guanidine groups is 1. The molecule has 1 aliphatic rings. The van der Waals surface area contributed by atoms with Crippen molar-refractivity contribution in [2.24, 2.45) is 4.99 Å². The van der Waals surface area contributed by atoms with Gasteiger partial charge in [0.05, 0.1) is 6.10 Å². The summed E-state index contributed by atoms with van der Waals surface area (Å²) in [5.41, 5.74) is 2.48. The maximum absolute atomic E-state index is 11.9. The van der Waals surface area contributed by atoms with Gasteiger partial charge in [0.15, 0.2) is 5.96 Å². The standard InChI is InChI=1S/C22H37N5O2.HI/c1-5-27(19-10-8-9-18(2)15-19)13-12-23-22(25-17-21(28)26(3)4)24-16-20-11-6-7-14-29-20;/h8-10,15,20H,5-7,11-14,16-17H2,1-4H3,(H2,23,24,25);1H. The van der Waals surface area contributed by atoms with Crippen molar-refractivity contribution in [3.05, 3.63) is 29.8 Å². The van der Waals surface area contributed by atoms with Crippen LogP contribution in [0.3, 0.4) is 0 Å². The molecular formula is C22H38IN5O2. The van der Waals surface area contributed by atoms with Crippen molar-refractivity contribution in [2.75, 3.05) is 58.3 Å². The Kier molecular flexibility index (Phi) is 12.8. The van der Waals surface area contributed by atoms with Crippen LogP contribution in [-0.2, 0) is 9.53 Å². The van der Waals surface area contributed by atoms with E-state index in [9.17, 15) is 4.79 Å². The quantitative estimate of drug-likeness (QED) is 0.292. The maximum atomic E-state index is 11.9. The molecule has 1 aromatic carbocycles. The number of carbonyl (C=O) groups excluding carboxylic acids is 1. The fourth-order valence-corrected chi connectivity index (χ4v) is 3.25. The second kappa shape index (κ2) is 14.5. The molecule has 2 rings (SSSR count). The first-order valence-corrected chi connectivity index (χ1v) is 10.6. The monoisotopic (exact) mass is 531 g/mol. The van der Waals surface area contributed by atoms with Gasteiger partial charge in [-0.05, 0) is 50.8 Å². The number of aryl methyl sites for hydroxylation is 1. The third-order valence-electron chi connectivity index (χ3n) is 5.07. The number of halogens is 1. The second-order valence-electron chi connectivity index (χ2n) is 7.67. The van der Waals surface area contributed by atoms with Gasteiger partial charge in [0.1, 0.15) is 6.54 Å². The average molecular weight is 531 g/mol. The predicted molar refractivity (Wildman–Crippen MR) is 135 cm³/mol. The molecule has 1 fully saturated rings. The minimum absolute atomic E-state index is 0. The number of benzene rings is 1. The zero-order chi connectivity index (χ0) is 21.1. The number of ether oxygens (including phenoxy) is 1. The highest BCUT2D eigenvalue weighted by molar-refractivity contribution is 14.0. The van der Waals surface area contributed by atoms with Crippen LogP contribution in [0.5, 0.6) is 0 Å². The Morgan fingerprint density at radius 1 is 1.27 bits per heavy atom. The third-order valence-corrected chi connectivity index (χ3v) is 5.07. The summed E-state index contributed by atoms with van der Waals surface area (Å²) in [6.45, 7) is 8.44. The van der Waals surface area contributed by atoms with Gasteiger partial charge in [-0.15, -0.1) is 24.0 Å². The zero-order valence-electron chi connectivity index (χ0n) is 18.8. The van der Waals surface area contributed by atoms with Crippen LogP contribution in [0, 0.1) is 6.92 Å². The molecule has 0 spiro atoms. The number of anilines is 1. The first-order chi connectivity index (χ1) is 14.0. The number of hydrogen-bond acceptors (Lipinski definition) is 4. The smallest absolute Gasteiger partial charge is 0.243 e. The summed E-state index contributed by atoms with van der Waals surface area (Å²) in [6, 6.07) is 8.54. The summed E-state index contributed by atoms with van der Waals surface area (Å²) in [4.78, 5) is 20.3. The van der Waals surface area contributed by atoms with Crippen molar-refractivity contribution in [2.45, 2.75) is 39.2 Å². The predicted octanol–water partition coefficient (Wildman–Crippen LogP) is 2.63. The van der Waals surface area contributed by atoms with Crippen LogP contribution in [-0.4, -0.2) is 76.3 Å². The number of likely N-dealkylation sites (N-methyl/N-ethyl adjacent to an activating group) is 2. The van der Waals surface area contributed by atoms with E-state index >= 15 is 0 Å². The number of amides is 1. The SMILES string of the molecule is CCN(CCNC(=NCC(=O)N(C)C)NCC1CCCCO1)c1cccc(C)c1.I. The normalized spacial score (nSPS) is 16.4. The molecule has 1 amide bonds. The Balaban J connectivity index is 0.00000450. The van der Waals surface area contributed by atoms with E-state index in [2.05, 4.69) is 58.6 Å². The minimum Gasteiger partial charge on any atom is -0.376 e. The highest BCUT2D eigenvalue weighted by Crippen LogP contribution is 2.15. The molecule has 2 N–H and O–H groups in total. The van der Waals surface area contributed by atoms with Gasteiger partial charge in [0, 0.05) is 52.6 Å². The molecule has 30 heavy (non-hydrogen) atoms. The maximum Gasteiger partial charge on any atom is 0.243 e. The second-order valence-corrected chi connectivity index (χ2v) is 7.67. The largest absolute Gasteiger partial charge is 0.376 e. The van der Waals surface area contributed by atoms with Gasteiger partial charge >= 0.3 is 0 Å². The van der Waals surface area contributed by atoms with Crippen LogP contribution in [0.4, 0.5) is 5.69 Å². The number of rotatable bonds is 9. The molecule has 170 valence electrons. The van der Waals surface area contributed by atoms with Crippen LogP contribution < -0.4 is 15.5 Å². The Labute approximate surface area is 198 Å². The molecule has 0 bridgehead atoms. The van der Waals surface area contributed by atoms with Gasteiger partial charge < -0.3 is 25.2 Å². The molecule has 0 aromatic heterocycles. The number of aliphatic imine (C=N–C) groups is 1. The van der Waals surface area contributed by atoms with Gasteiger partial charge in [-0.1, -0.05) is 12.1 Å². The molecular weight excluding hydrogens is 493 g/mol. The fourth-order valence-electron chi connectivity index (χ4n) is 3.25. The lowest BCUT2D eigenvalue weighted by molar-refractivity contribution is -0.127. The molecule has 0 radical (unpaired) electrons. The molecule has 1 heterocycles. The highest BCUT2D eigenvalue weighted by Gasteiger charge is 2.14. The summed E-state index contributed by atoms with van der Waals surface area (Å²) in [6.07, 6.45) is 3.61. The van der Waals surface area contributed by atoms with Crippen molar-refractivity contribution in [3.63, 3.8) is 0 Å². The summed E-state index contributed by atoms with van der Waals surface area (Å²) in [5.74, 6) is 0.643. The van der Waals surface area contributed by atoms with Gasteiger partial charge in [0.25, 0.3) is 0 Å². The number of nitrogens with zero attached hydrogens (tertiary/aromatic N) is 3. The van der Waals surface area contributed by atoms with Crippen LogP contribution >= 0.6 is 24.0 Å². The Bertz CT molecular complexity index is 663. The van der Waals surface area contributed by atoms with Crippen molar-refractivity contribution in [3.8, 4) is 0 Å². The molecule has 1 atom stereocenters. The van der Waals surface area contributed by atoms with E-state index in [1.54, 1.807) is 19.0 Å². The van der Waals surface area contributed by atoms with Crippen LogP contribution in [0.1, 0.15) is 31.7 Å². The summed E-state index contributed by atoms with van der Waals surface area (Å²) < 4.78 is 5.79. The number of carbonyl (C=O) groups is 1. The first kappa shape index (κ1) is 26.5. The Morgan fingerprint density at radius 2 is 2.07 bits per heavy atom. The van der Waals surface area contributed by atoms with Crippen molar-refractivity contribution < 1.29 is 9.53 Å². The number of hydrogen-bond donors (Lipinski definition) is 2. The van der Waals surface area contributed by atoms with E-state index in [-0.39, 0.29) is 42.5 Å². The van der Waals surface area contributed by atoms with E-state index in [0.29, 0.717) is 12.5 Å². The summed E-state index contributed by atoms with van der Waals surface area (Å²) >= 11 is 0. The van der Waals surface area contributed by atoms with E-state index in [1.165, 1.54) is 17.7 Å². The topological polar surface area (TPSA) is 69.2 Å². The zero-order valence-corrected chi connectivity index (χ0v) is 21.1. The fraction of sp³-hybridized carbons (Fsp3) is 0.636. The summed E-state index contributed by atoms with van der Waals surface area (Å²) in [5, 5.41) is 6.72.